The van der Waals surface area contributed by atoms with Crippen molar-refractivity contribution >= 4 is 11.4 Å². The lowest BCUT2D eigenvalue weighted by atomic mass is 10.2. The standard InChI is InChI=1S/C16H20F4N2/c17-11-13(19)16(22-9-5-6-10-22)14(20)12(18)15(11)21-7-3-1-2-4-8-21/h1-10H2. The molecule has 0 amide bonds. The van der Waals surface area contributed by atoms with Crippen LogP contribution in [0.3, 0.4) is 0 Å². The van der Waals surface area contributed by atoms with E-state index in [-0.39, 0.29) is 0 Å². The Morgan fingerprint density at radius 2 is 0.727 bits per heavy atom. The van der Waals surface area contributed by atoms with Gasteiger partial charge in [-0.2, -0.15) is 0 Å². The Bertz CT molecular complexity index is 519. The molecule has 2 nitrogen and oxygen atoms in total. The Kier molecular flexibility index (Phi) is 4.45. The normalized spacial score (nSPS) is 19.6. The molecule has 2 fully saturated rings. The van der Waals surface area contributed by atoms with Crippen LogP contribution in [0.4, 0.5) is 28.9 Å². The Morgan fingerprint density at radius 3 is 1.05 bits per heavy atom. The van der Waals surface area contributed by atoms with Crippen molar-refractivity contribution in [2.75, 3.05) is 36.0 Å². The van der Waals surface area contributed by atoms with E-state index in [9.17, 15) is 17.6 Å². The highest BCUT2D eigenvalue weighted by molar-refractivity contribution is 5.61. The molecule has 22 heavy (non-hydrogen) atoms. The van der Waals surface area contributed by atoms with Gasteiger partial charge in [-0.15, -0.1) is 0 Å². The van der Waals surface area contributed by atoms with Crippen molar-refractivity contribution in [3.63, 3.8) is 0 Å². The van der Waals surface area contributed by atoms with E-state index >= 15 is 0 Å². The zero-order chi connectivity index (χ0) is 15.7. The second-order valence-electron chi connectivity index (χ2n) is 6.05. The van der Waals surface area contributed by atoms with Crippen LogP contribution in [0.25, 0.3) is 0 Å². The van der Waals surface area contributed by atoms with Crippen LogP contribution >= 0.6 is 0 Å². The lowest BCUT2D eigenvalue weighted by Gasteiger charge is -2.27. The summed E-state index contributed by atoms with van der Waals surface area (Å²) in [5, 5.41) is 0. The molecule has 0 aliphatic carbocycles. The third-order valence-electron chi connectivity index (χ3n) is 4.56. The fraction of sp³-hybridized carbons (Fsp3) is 0.625. The van der Waals surface area contributed by atoms with Gasteiger partial charge in [0.2, 0.25) is 0 Å². The lowest BCUT2D eigenvalue weighted by molar-refractivity contribution is 0.451. The van der Waals surface area contributed by atoms with Crippen molar-refractivity contribution in [1.82, 2.24) is 0 Å². The van der Waals surface area contributed by atoms with Crippen LogP contribution in [-0.2, 0) is 0 Å². The van der Waals surface area contributed by atoms with E-state index in [4.69, 9.17) is 0 Å². The minimum atomic E-state index is -1.26. The molecule has 122 valence electrons. The number of halogens is 4. The van der Waals surface area contributed by atoms with Gasteiger partial charge >= 0.3 is 0 Å². The first-order chi connectivity index (χ1) is 10.6. The van der Waals surface area contributed by atoms with Gasteiger partial charge in [-0.05, 0) is 25.7 Å². The Labute approximate surface area is 127 Å². The van der Waals surface area contributed by atoms with Gasteiger partial charge in [-0.25, -0.2) is 17.6 Å². The van der Waals surface area contributed by atoms with Crippen molar-refractivity contribution < 1.29 is 17.6 Å². The minimum absolute atomic E-state index is 0.426. The van der Waals surface area contributed by atoms with Crippen molar-refractivity contribution in [2.45, 2.75) is 38.5 Å². The van der Waals surface area contributed by atoms with Gasteiger partial charge in [-0.1, -0.05) is 12.8 Å². The summed E-state index contributed by atoms with van der Waals surface area (Å²) >= 11 is 0. The van der Waals surface area contributed by atoms with Gasteiger partial charge in [-0.3, -0.25) is 0 Å². The topological polar surface area (TPSA) is 6.48 Å². The second kappa shape index (κ2) is 6.34. The molecule has 2 heterocycles. The molecular formula is C16H20F4N2. The van der Waals surface area contributed by atoms with Crippen LogP contribution in [0.5, 0.6) is 0 Å². The van der Waals surface area contributed by atoms with E-state index < -0.39 is 34.6 Å². The zero-order valence-corrected chi connectivity index (χ0v) is 12.5. The predicted octanol–water partition coefficient (Wildman–Crippen LogP) is 4.22. The first-order valence-corrected chi connectivity index (χ1v) is 7.97. The van der Waals surface area contributed by atoms with Crippen LogP contribution in [0.15, 0.2) is 0 Å². The lowest BCUT2D eigenvalue weighted by Crippen LogP contribution is -2.29. The quantitative estimate of drug-likeness (QED) is 0.595. The van der Waals surface area contributed by atoms with Crippen LogP contribution in [0, 0.1) is 23.3 Å². The van der Waals surface area contributed by atoms with E-state index in [2.05, 4.69) is 0 Å². The van der Waals surface area contributed by atoms with Gasteiger partial charge in [0.05, 0.1) is 0 Å². The second-order valence-corrected chi connectivity index (χ2v) is 6.05. The minimum Gasteiger partial charge on any atom is -0.367 e. The molecule has 3 rings (SSSR count). The van der Waals surface area contributed by atoms with Gasteiger partial charge in [0.1, 0.15) is 11.4 Å². The largest absolute Gasteiger partial charge is 0.367 e. The summed E-state index contributed by atoms with van der Waals surface area (Å²) in [4.78, 5) is 2.83. The molecule has 0 radical (unpaired) electrons. The summed E-state index contributed by atoms with van der Waals surface area (Å²) in [6.07, 6.45) is 5.03. The maximum atomic E-state index is 14.4. The summed E-state index contributed by atoms with van der Waals surface area (Å²) in [6, 6.07) is 0. The molecule has 2 aliphatic rings. The molecule has 2 saturated heterocycles. The summed E-state index contributed by atoms with van der Waals surface area (Å²) in [5.74, 6) is -5.05. The van der Waals surface area contributed by atoms with Crippen LogP contribution in [0.1, 0.15) is 38.5 Å². The predicted molar refractivity (Wildman–Crippen MR) is 78.4 cm³/mol. The van der Waals surface area contributed by atoms with E-state index in [0.717, 1.165) is 38.5 Å². The third-order valence-corrected chi connectivity index (χ3v) is 4.56. The maximum absolute atomic E-state index is 14.4. The Hall–Kier alpha value is -1.46. The van der Waals surface area contributed by atoms with Crippen molar-refractivity contribution in [1.29, 1.82) is 0 Å². The number of benzene rings is 1. The molecule has 1 aromatic rings. The molecule has 0 saturated carbocycles. The van der Waals surface area contributed by atoms with Crippen LogP contribution in [0.2, 0.25) is 0 Å². The van der Waals surface area contributed by atoms with Gasteiger partial charge in [0, 0.05) is 26.2 Å². The van der Waals surface area contributed by atoms with E-state index in [0.29, 0.717) is 26.2 Å². The highest BCUT2D eigenvalue weighted by atomic mass is 19.2. The van der Waals surface area contributed by atoms with Gasteiger partial charge in [0.15, 0.2) is 23.3 Å². The number of nitrogens with zero attached hydrogens (tertiary/aromatic N) is 2. The van der Waals surface area contributed by atoms with Gasteiger partial charge in [0.25, 0.3) is 0 Å². The summed E-state index contributed by atoms with van der Waals surface area (Å²) in [6.45, 7) is 1.71. The molecule has 6 heteroatoms. The average Bonchev–Trinajstić information content (AvgIpc) is 2.89. The zero-order valence-electron chi connectivity index (χ0n) is 12.5. The number of hydrogen-bond donors (Lipinski definition) is 0. The van der Waals surface area contributed by atoms with E-state index in [1.54, 1.807) is 0 Å². The van der Waals surface area contributed by atoms with Crippen molar-refractivity contribution in [3.05, 3.63) is 23.3 Å². The molecule has 0 bridgehead atoms. The molecule has 0 N–H and O–H groups in total. The van der Waals surface area contributed by atoms with Gasteiger partial charge < -0.3 is 9.80 Å². The smallest absolute Gasteiger partial charge is 0.187 e. The third kappa shape index (κ3) is 2.63. The fourth-order valence-electron chi connectivity index (χ4n) is 3.40. The fourth-order valence-corrected chi connectivity index (χ4v) is 3.40. The maximum Gasteiger partial charge on any atom is 0.187 e. The van der Waals surface area contributed by atoms with Crippen LogP contribution in [-0.4, -0.2) is 26.2 Å². The summed E-state index contributed by atoms with van der Waals surface area (Å²) in [7, 11) is 0. The summed E-state index contributed by atoms with van der Waals surface area (Å²) in [5.41, 5.74) is -1.09. The SMILES string of the molecule is Fc1c(F)c(N2CCCC2)c(F)c(F)c1N1CCCCCC1. The molecule has 0 unspecified atom stereocenters. The Balaban J connectivity index is 2.04. The van der Waals surface area contributed by atoms with Crippen molar-refractivity contribution in [2.24, 2.45) is 0 Å². The molecule has 1 aromatic carbocycles. The molecule has 0 spiro atoms. The van der Waals surface area contributed by atoms with Crippen LogP contribution < -0.4 is 9.80 Å². The van der Waals surface area contributed by atoms with E-state index in [1.807, 2.05) is 0 Å². The number of anilines is 2. The number of rotatable bonds is 2. The molecule has 0 aromatic heterocycles. The molecule has 2 aliphatic heterocycles. The molecular weight excluding hydrogens is 296 g/mol. The van der Waals surface area contributed by atoms with E-state index in [1.165, 1.54) is 9.80 Å². The average molecular weight is 316 g/mol. The first-order valence-electron chi connectivity index (χ1n) is 7.97. The first kappa shape index (κ1) is 15.4. The molecule has 0 atom stereocenters. The number of hydrogen-bond acceptors (Lipinski definition) is 2. The highest BCUT2D eigenvalue weighted by Gasteiger charge is 2.32. The monoisotopic (exact) mass is 316 g/mol. The summed E-state index contributed by atoms with van der Waals surface area (Å²) < 4.78 is 57.6. The van der Waals surface area contributed by atoms with Crippen molar-refractivity contribution in [3.8, 4) is 0 Å². The Morgan fingerprint density at radius 1 is 0.455 bits per heavy atom. The highest BCUT2D eigenvalue weighted by Crippen LogP contribution is 2.37.